The summed E-state index contributed by atoms with van der Waals surface area (Å²) in [6.45, 7) is 8.03. The zero-order valence-corrected chi connectivity index (χ0v) is 6.14. The molecule has 2 aliphatic rings. The van der Waals surface area contributed by atoms with Crippen LogP contribution in [0.1, 0.15) is 12.8 Å². The normalized spacial score (nSPS) is 38.8. The van der Waals surface area contributed by atoms with Gasteiger partial charge in [-0.2, -0.15) is 0 Å². The first kappa shape index (κ1) is 6.21. The van der Waals surface area contributed by atoms with E-state index in [1.165, 1.54) is 24.0 Å². The largest absolute Gasteiger partial charge is 0.0993 e. The van der Waals surface area contributed by atoms with Crippen molar-refractivity contribution < 1.29 is 0 Å². The van der Waals surface area contributed by atoms with E-state index in [1.807, 2.05) is 0 Å². The van der Waals surface area contributed by atoms with Crippen LogP contribution in [0.4, 0.5) is 0 Å². The Kier molecular flexibility index (Phi) is 1.23. The van der Waals surface area contributed by atoms with Crippen LogP contribution in [0.5, 0.6) is 0 Å². The SMILES string of the molecule is C=C1[CH]CC2C(=C)[CH]CC12. The summed E-state index contributed by atoms with van der Waals surface area (Å²) >= 11 is 0. The highest BCUT2D eigenvalue weighted by atomic mass is 14.4. The maximum Gasteiger partial charge on any atom is -0.0131 e. The van der Waals surface area contributed by atoms with Crippen LogP contribution in [0.25, 0.3) is 0 Å². The van der Waals surface area contributed by atoms with Gasteiger partial charge in [0.15, 0.2) is 0 Å². The lowest BCUT2D eigenvalue weighted by Crippen LogP contribution is -1.99. The Morgan fingerprint density at radius 3 is 1.80 bits per heavy atom. The molecule has 2 atom stereocenters. The first-order valence-corrected chi connectivity index (χ1v) is 3.83. The van der Waals surface area contributed by atoms with Crippen molar-refractivity contribution in [3.63, 3.8) is 0 Å². The Morgan fingerprint density at radius 1 is 1.00 bits per heavy atom. The van der Waals surface area contributed by atoms with Crippen LogP contribution in [-0.2, 0) is 0 Å². The van der Waals surface area contributed by atoms with E-state index in [2.05, 4.69) is 26.0 Å². The van der Waals surface area contributed by atoms with E-state index < -0.39 is 0 Å². The second kappa shape index (κ2) is 1.98. The Bertz CT molecular complexity index is 166. The van der Waals surface area contributed by atoms with Crippen molar-refractivity contribution >= 4 is 0 Å². The van der Waals surface area contributed by atoms with Crippen LogP contribution < -0.4 is 0 Å². The van der Waals surface area contributed by atoms with Gasteiger partial charge < -0.3 is 0 Å². The fourth-order valence-corrected chi connectivity index (χ4v) is 2.01. The van der Waals surface area contributed by atoms with E-state index in [4.69, 9.17) is 0 Å². The third-order valence-corrected chi connectivity index (χ3v) is 2.71. The quantitative estimate of drug-likeness (QED) is 0.475. The topological polar surface area (TPSA) is 0 Å². The summed E-state index contributed by atoms with van der Waals surface area (Å²) < 4.78 is 0. The average Bonchev–Trinajstić information content (AvgIpc) is 2.41. The van der Waals surface area contributed by atoms with Gasteiger partial charge in [-0.3, -0.25) is 0 Å². The summed E-state index contributed by atoms with van der Waals surface area (Å²) in [6, 6.07) is 0. The Labute approximate surface area is 62.6 Å². The van der Waals surface area contributed by atoms with Crippen LogP contribution >= 0.6 is 0 Å². The number of fused-ring (bicyclic) bond motifs is 1. The molecule has 2 radical (unpaired) electrons. The van der Waals surface area contributed by atoms with Crippen molar-refractivity contribution in [1.29, 1.82) is 0 Å². The monoisotopic (exact) mass is 132 g/mol. The van der Waals surface area contributed by atoms with Gasteiger partial charge in [0.25, 0.3) is 0 Å². The van der Waals surface area contributed by atoms with Crippen LogP contribution in [0.15, 0.2) is 24.3 Å². The number of hydrogen-bond acceptors (Lipinski definition) is 0. The average molecular weight is 132 g/mol. The minimum atomic E-state index is 0.715. The van der Waals surface area contributed by atoms with Crippen molar-refractivity contribution in [3.05, 3.63) is 37.1 Å². The summed E-state index contributed by atoms with van der Waals surface area (Å²) in [5.41, 5.74) is 2.67. The van der Waals surface area contributed by atoms with Gasteiger partial charge in [-0.15, -0.1) is 0 Å². The molecule has 0 heterocycles. The highest BCUT2D eigenvalue weighted by Gasteiger charge is 2.36. The second-order valence-electron chi connectivity index (χ2n) is 3.24. The van der Waals surface area contributed by atoms with Crippen molar-refractivity contribution in [2.75, 3.05) is 0 Å². The van der Waals surface area contributed by atoms with Crippen LogP contribution in [0.2, 0.25) is 0 Å². The lowest BCUT2D eigenvalue weighted by Gasteiger charge is -2.08. The highest BCUT2D eigenvalue weighted by Crippen LogP contribution is 2.47. The molecule has 0 aliphatic heterocycles. The molecule has 10 heavy (non-hydrogen) atoms. The molecule has 52 valence electrons. The van der Waals surface area contributed by atoms with Crippen LogP contribution in [0, 0.1) is 24.7 Å². The van der Waals surface area contributed by atoms with E-state index in [-0.39, 0.29) is 0 Å². The molecule has 0 nitrogen and oxygen atoms in total. The molecular weight excluding hydrogens is 120 g/mol. The lowest BCUT2D eigenvalue weighted by molar-refractivity contribution is 0.551. The zero-order valence-electron chi connectivity index (χ0n) is 6.14. The molecule has 0 aromatic carbocycles. The molecule has 0 N–H and O–H groups in total. The van der Waals surface area contributed by atoms with E-state index in [1.54, 1.807) is 0 Å². The van der Waals surface area contributed by atoms with Gasteiger partial charge in [-0.25, -0.2) is 0 Å². The van der Waals surface area contributed by atoms with Gasteiger partial charge in [0, 0.05) is 0 Å². The van der Waals surface area contributed by atoms with E-state index in [9.17, 15) is 0 Å². The minimum Gasteiger partial charge on any atom is -0.0993 e. The minimum absolute atomic E-state index is 0.715. The smallest absolute Gasteiger partial charge is 0.0131 e. The van der Waals surface area contributed by atoms with E-state index in [0.717, 1.165) is 0 Å². The maximum absolute atomic E-state index is 4.01. The van der Waals surface area contributed by atoms with Crippen molar-refractivity contribution in [2.24, 2.45) is 11.8 Å². The highest BCUT2D eigenvalue weighted by molar-refractivity contribution is 5.34. The Morgan fingerprint density at radius 2 is 1.40 bits per heavy atom. The summed E-state index contributed by atoms with van der Waals surface area (Å²) in [5.74, 6) is 1.43. The third-order valence-electron chi connectivity index (χ3n) is 2.71. The van der Waals surface area contributed by atoms with Crippen molar-refractivity contribution in [1.82, 2.24) is 0 Å². The van der Waals surface area contributed by atoms with Crippen LogP contribution in [0.3, 0.4) is 0 Å². The summed E-state index contributed by atoms with van der Waals surface area (Å²) in [4.78, 5) is 0. The molecule has 0 amide bonds. The lowest BCUT2D eigenvalue weighted by atomic mass is 9.96. The van der Waals surface area contributed by atoms with Gasteiger partial charge in [-0.05, 0) is 37.5 Å². The van der Waals surface area contributed by atoms with Gasteiger partial charge in [0.2, 0.25) is 0 Å². The van der Waals surface area contributed by atoms with Crippen molar-refractivity contribution in [2.45, 2.75) is 12.8 Å². The number of rotatable bonds is 0. The fourth-order valence-electron chi connectivity index (χ4n) is 2.01. The van der Waals surface area contributed by atoms with Gasteiger partial charge >= 0.3 is 0 Å². The third kappa shape index (κ3) is 0.681. The van der Waals surface area contributed by atoms with Gasteiger partial charge in [0.1, 0.15) is 0 Å². The fraction of sp³-hybridized carbons (Fsp3) is 0.400. The summed E-state index contributed by atoms with van der Waals surface area (Å²) in [5, 5.41) is 0. The molecule has 0 spiro atoms. The molecule has 0 aromatic heterocycles. The predicted octanol–water partition coefficient (Wildman–Crippen LogP) is 2.55. The molecule has 0 aromatic rings. The molecular formula is C10H12. The van der Waals surface area contributed by atoms with Crippen LogP contribution in [-0.4, -0.2) is 0 Å². The van der Waals surface area contributed by atoms with Gasteiger partial charge in [-0.1, -0.05) is 24.3 Å². The molecule has 2 saturated carbocycles. The Balaban J connectivity index is 2.24. The standard InChI is InChI=1S/C10H12/c1-7-3-5-10-8(2)4-6-9(7)10/h3-4,9-10H,1-2,5-6H2. The summed E-state index contributed by atoms with van der Waals surface area (Å²) in [7, 11) is 0. The van der Waals surface area contributed by atoms with Gasteiger partial charge in [0.05, 0.1) is 0 Å². The summed E-state index contributed by atoms with van der Waals surface area (Å²) in [6.07, 6.45) is 6.87. The zero-order chi connectivity index (χ0) is 7.14. The predicted molar refractivity (Wildman–Crippen MR) is 43.1 cm³/mol. The first-order valence-electron chi connectivity index (χ1n) is 3.83. The molecule has 0 saturated heterocycles. The molecule has 2 rings (SSSR count). The number of hydrogen-bond donors (Lipinski definition) is 0. The molecule has 2 fully saturated rings. The molecule has 2 unspecified atom stereocenters. The Hall–Kier alpha value is -0.520. The van der Waals surface area contributed by atoms with Crippen molar-refractivity contribution in [3.8, 4) is 0 Å². The molecule has 0 heteroatoms. The van der Waals surface area contributed by atoms with E-state index >= 15 is 0 Å². The molecule has 0 bridgehead atoms. The molecule has 2 aliphatic carbocycles. The number of allylic oxidation sites excluding steroid dienone is 2. The first-order chi connectivity index (χ1) is 4.79. The van der Waals surface area contributed by atoms with E-state index in [0.29, 0.717) is 11.8 Å². The maximum atomic E-state index is 4.01. The second-order valence-corrected chi connectivity index (χ2v) is 3.24.